The van der Waals surface area contributed by atoms with Gasteiger partial charge < -0.3 is 14.8 Å². The molecule has 1 N–H and O–H groups in total. The minimum absolute atomic E-state index is 0.104. The molecule has 0 aliphatic heterocycles. The highest BCUT2D eigenvalue weighted by Gasteiger charge is 2.35. The predicted molar refractivity (Wildman–Crippen MR) is 84.7 cm³/mol. The number of benzene rings is 1. The van der Waals surface area contributed by atoms with E-state index in [0.29, 0.717) is 13.0 Å². The Labute approximate surface area is 127 Å². The first-order valence-electron chi connectivity index (χ1n) is 7.42. The highest BCUT2D eigenvalue weighted by atomic mass is 16.5. The largest absolute Gasteiger partial charge is 0.491 e. The zero-order valence-corrected chi connectivity index (χ0v) is 13.9. The normalized spacial score (nSPS) is 15.1. The first-order valence-corrected chi connectivity index (χ1v) is 7.42. The third-order valence-electron chi connectivity index (χ3n) is 3.51. The third kappa shape index (κ3) is 5.05. The van der Waals surface area contributed by atoms with Crippen molar-refractivity contribution in [2.45, 2.75) is 52.7 Å². The first-order chi connectivity index (χ1) is 9.80. The predicted octanol–water partition coefficient (Wildman–Crippen LogP) is 3.00. The molecular formula is C17H27NO3. The minimum Gasteiger partial charge on any atom is -0.491 e. The van der Waals surface area contributed by atoms with E-state index in [1.54, 1.807) is 7.05 Å². The Hall–Kier alpha value is -1.55. The SMILES string of the molecule is CCOC(=O)C(C)(CC(C)Oc1cc(C)cc(C)c1)NC. The molecule has 21 heavy (non-hydrogen) atoms. The van der Waals surface area contributed by atoms with E-state index in [1.807, 2.05) is 46.8 Å². The number of esters is 1. The summed E-state index contributed by atoms with van der Waals surface area (Å²) in [6.45, 7) is 10.1. The molecule has 0 saturated heterocycles. The summed E-state index contributed by atoms with van der Waals surface area (Å²) in [6.07, 6.45) is 0.433. The fourth-order valence-corrected chi connectivity index (χ4v) is 2.43. The molecule has 0 heterocycles. The van der Waals surface area contributed by atoms with E-state index in [2.05, 4.69) is 11.4 Å². The monoisotopic (exact) mass is 293 g/mol. The molecular weight excluding hydrogens is 266 g/mol. The highest BCUT2D eigenvalue weighted by molar-refractivity contribution is 5.80. The lowest BCUT2D eigenvalue weighted by Crippen LogP contribution is -2.51. The summed E-state index contributed by atoms with van der Waals surface area (Å²) in [7, 11) is 1.76. The zero-order chi connectivity index (χ0) is 16.0. The van der Waals surface area contributed by atoms with Gasteiger partial charge in [0, 0.05) is 6.42 Å². The van der Waals surface area contributed by atoms with E-state index in [9.17, 15) is 4.79 Å². The van der Waals surface area contributed by atoms with Crippen LogP contribution < -0.4 is 10.1 Å². The molecule has 0 fully saturated rings. The van der Waals surface area contributed by atoms with E-state index in [0.717, 1.165) is 5.75 Å². The Kier molecular flexibility index (Phi) is 6.21. The third-order valence-corrected chi connectivity index (χ3v) is 3.51. The standard InChI is InChI=1S/C17H27NO3/c1-7-20-16(19)17(5,18-6)11-14(4)21-15-9-12(2)8-13(3)10-15/h8-10,14,18H,7,11H2,1-6H3. The first kappa shape index (κ1) is 17.5. The lowest BCUT2D eigenvalue weighted by atomic mass is 9.95. The topological polar surface area (TPSA) is 47.6 Å². The number of carbonyl (C=O) groups excluding carboxylic acids is 1. The average molecular weight is 293 g/mol. The Morgan fingerprint density at radius 3 is 2.33 bits per heavy atom. The van der Waals surface area contributed by atoms with Crippen LogP contribution in [-0.2, 0) is 9.53 Å². The van der Waals surface area contributed by atoms with Gasteiger partial charge in [0.2, 0.25) is 0 Å². The number of aryl methyl sites for hydroxylation is 2. The molecule has 0 bridgehead atoms. The van der Waals surface area contributed by atoms with Crippen LogP contribution in [0.3, 0.4) is 0 Å². The van der Waals surface area contributed by atoms with E-state index in [4.69, 9.17) is 9.47 Å². The van der Waals surface area contributed by atoms with Gasteiger partial charge in [-0.3, -0.25) is 4.79 Å². The van der Waals surface area contributed by atoms with Crippen molar-refractivity contribution in [2.24, 2.45) is 0 Å². The number of rotatable bonds is 7. The lowest BCUT2D eigenvalue weighted by Gasteiger charge is -2.29. The van der Waals surface area contributed by atoms with Gasteiger partial charge in [-0.15, -0.1) is 0 Å². The second-order valence-electron chi connectivity index (χ2n) is 5.76. The molecule has 0 amide bonds. The second kappa shape index (κ2) is 7.46. The maximum atomic E-state index is 12.1. The second-order valence-corrected chi connectivity index (χ2v) is 5.76. The number of hydrogen-bond donors (Lipinski definition) is 1. The molecule has 0 aliphatic carbocycles. The van der Waals surface area contributed by atoms with E-state index in [-0.39, 0.29) is 12.1 Å². The van der Waals surface area contributed by atoms with Crippen molar-refractivity contribution in [2.75, 3.05) is 13.7 Å². The van der Waals surface area contributed by atoms with Crippen LogP contribution in [0.15, 0.2) is 18.2 Å². The number of hydrogen-bond acceptors (Lipinski definition) is 4. The van der Waals surface area contributed by atoms with Crippen LogP contribution in [0, 0.1) is 13.8 Å². The highest BCUT2D eigenvalue weighted by Crippen LogP contribution is 2.21. The summed E-state index contributed by atoms with van der Waals surface area (Å²) >= 11 is 0. The van der Waals surface area contributed by atoms with E-state index in [1.165, 1.54) is 11.1 Å². The molecule has 4 heteroatoms. The number of nitrogens with one attached hydrogen (secondary N) is 1. The molecule has 0 radical (unpaired) electrons. The molecule has 2 atom stereocenters. The Bertz CT molecular complexity index is 467. The fourth-order valence-electron chi connectivity index (χ4n) is 2.43. The fraction of sp³-hybridized carbons (Fsp3) is 0.588. The molecule has 118 valence electrons. The van der Waals surface area contributed by atoms with Crippen molar-refractivity contribution in [3.05, 3.63) is 29.3 Å². The molecule has 0 spiro atoms. The average Bonchev–Trinajstić information content (AvgIpc) is 2.37. The van der Waals surface area contributed by atoms with Crippen molar-refractivity contribution in [1.82, 2.24) is 5.32 Å². The molecule has 0 aromatic heterocycles. The van der Waals surface area contributed by atoms with E-state index >= 15 is 0 Å². The zero-order valence-electron chi connectivity index (χ0n) is 13.9. The van der Waals surface area contributed by atoms with Gasteiger partial charge in [0.25, 0.3) is 0 Å². The maximum Gasteiger partial charge on any atom is 0.326 e. The minimum atomic E-state index is -0.742. The van der Waals surface area contributed by atoms with Crippen LogP contribution in [-0.4, -0.2) is 31.3 Å². The maximum absolute atomic E-state index is 12.1. The van der Waals surface area contributed by atoms with Gasteiger partial charge >= 0.3 is 5.97 Å². The van der Waals surface area contributed by atoms with Crippen molar-refractivity contribution < 1.29 is 14.3 Å². The number of carbonyl (C=O) groups is 1. The molecule has 1 rings (SSSR count). The Balaban J connectivity index is 2.74. The summed E-state index contributed by atoms with van der Waals surface area (Å²) in [5.74, 6) is 0.589. The molecule has 0 saturated carbocycles. The van der Waals surface area contributed by atoms with Crippen LogP contribution in [0.2, 0.25) is 0 Å². The summed E-state index contributed by atoms with van der Waals surface area (Å²) in [4.78, 5) is 12.1. The number of likely N-dealkylation sites (N-methyl/N-ethyl adjacent to an activating group) is 1. The summed E-state index contributed by atoms with van der Waals surface area (Å²) in [5, 5.41) is 3.05. The summed E-state index contributed by atoms with van der Waals surface area (Å²) in [5.41, 5.74) is 1.59. The van der Waals surface area contributed by atoms with Crippen molar-refractivity contribution in [3.63, 3.8) is 0 Å². The summed E-state index contributed by atoms with van der Waals surface area (Å²) < 4.78 is 11.1. The number of ether oxygens (including phenoxy) is 2. The van der Waals surface area contributed by atoms with Crippen molar-refractivity contribution in [1.29, 1.82) is 0 Å². The smallest absolute Gasteiger partial charge is 0.326 e. The van der Waals surface area contributed by atoms with Gasteiger partial charge in [0.1, 0.15) is 11.3 Å². The molecule has 1 aromatic carbocycles. The van der Waals surface area contributed by atoms with Crippen LogP contribution in [0.5, 0.6) is 5.75 Å². The quantitative estimate of drug-likeness (QED) is 0.785. The molecule has 1 aromatic rings. The van der Waals surface area contributed by atoms with Crippen molar-refractivity contribution in [3.8, 4) is 5.75 Å². The van der Waals surface area contributed by atoms with Crippen LogP contribution in [0.25, 0.3) is 0 Å². The molecule has 2 unspecified atom stereocenters. The van der Waals surface area contributed by atoms with Gasteiger partial charge in [0.15, 0.2) is 0 Å². The van der Waals surface area contributed by atoms with Crippen LogP contribution in [0.1, 0.15) is 38.3 Å². The Morgan fingerprint density at radius 2 is 1.86 bits per heavy atom. The van der Waals surface area contributed by atoms with Crippen LogP contribution in [0.4, 0.5) is 0 Å². The lowest BCUT2D eigenvalue weighted by molar-refractivity contribution is -0.151. The molecule has 4 nitrogen and oxygen atoms in total. The summed E-state index contributed by atoms with van der Waals surface area (Å²) in [6, 6.07) is 6.11. The molecule has 0 aliphatic rings. The van der Waals surface area contributed by atoms with Crippen LogP contribution >= 0.6 is 0 Å². The Morgan fingerprint density at radius 1 is 1.29 bits per heavy atom. The van der Waals surface area contributed by atoms with Gasteiger partial charge in [0.05, 0.1) is 12.7 Å². The van der Waals surface area contributed by atoms with Gasteiger partial charge in [-0.2, -0.15) is 0 Å². The van der Waals surface area contributed by atoms with Gasteiger partial charge in [-0.1, -0.05) is 6.07 Å². The van der Waals surface area contributed by atoms with Crippen molar-refractivity contribution >= 4 is 5.97 Å². The van der Waals surface area contributed by atoms with E-state index < -0.39 is 5.54 Å². The van der Waals surface area contributed by atoms with Gasteiger partial charge in [-0.05, 0) is 64.9 Å². The van der Waals surface area contributed by atoms with Gasteiger partial charge in [-0.25, -0.2) is 0 Å².